The first kappa shape index (κ1) is 17.0. The summed E-state index contributed by atoms with van der Waals surface area (Å²) < 4.78 is 4.06. The number of nitrogens with one attached hydrogen (secondary N) is 1. The van der Waals surface area contributed by atoms with Crippen LogP contribution >= 0.6 is 43.5 Å². The number of aromatic nitrogens is 2. The average Bonchev–Trinajstić information content (AvgIpc) is 2.75. The average molecular weight is 436 g/mol. The van der Waals surface area contributed by atoms with Gasteiger partial charge < -0.3 is 5.32 Å². The summed E-state index contributed by atoms with van der Waals surface area (Å²) in [7, 11) is 1.97. The summed E-state index contributed by atoms with van der Waals surface area (Å²) in [4.78, 5) is 0. The Bertz CT molecular complexity index is 640. The van der Waals surface area contributed by atoms with Crippen LogP contribution in [0.2, 0.25) is 5.02 Å². The lowest BCUT2D eigenvalue weighted by molar-refractivity contribution is 0.540. The second kappa shape index (κ2) is 7.27. The minimum absolute atomic E-state index is 0.205. The van der Waals surface area contributed by atoms with Crippen LogP contribution in [-0.2, 0) is 13.0 Å². The van der Waals surface area contributed by atoms with E-state index in [1.54, 1.807) is 0 Å². The first-order chi connectivity index (χ1) is 9.97. The summed E-state index contributed by atoms with van der Waals surface area (Å²) >= 11 is 13.2. The normalized spacial score (nSPS) is 12.7. The molecule has 2 aromatic rings. The molecule has 0 amide bonds. The first-order valence-corrected chi connectivity index (χ1v) is 8.78. The van der Waals surface area contributed by atoms with Gasteiger partial charge in [0.05, 0.1) is 20.9 Å². The fourth-order valence-corrected chi connectivity index (χ4v) is 3.33. The van der Waals surface area contributed by atoms with E-state index in [2.05, 4.69) is 66.0 Å². The van der Waals surface area contributed by atoms with E-state index in [0.29, 0.717) is 0 Å². The molecule has 114 valence electrons. The quantitative estimate of drug-likeness (QED) is 0.725. The number of nitrogens with zero attached hydrogens (tertiary/aromatic N) is 2. The number of rotatable bonds is 5. The monoisotopic (exact) mass is 433 g/mol. The van der Waals surface area contributed by atoms with E-state index in [1.807, 2.05) is 20.0 Å². The van der Waals surface area contributed by atoms with Crippen molar-refractivity contribution >= 4 is 43.5 Å². The van der Waals surface area contributed by atoms with Crippen LogP contribution in [0.3, 0.4) is 0 Å². The number of likely N-dealkylation sites (N-methyl/N-ethyl adjacent to an activating group) is 1. The summed E-state index contributed by atoms with van der Waals surface area (Å²) in [6.07, 6.45) is 0.861. The van der Waals surface area contributed by atoms with E-state index < -0.39 is 0 Å². The molecule has 0 aliphatic rings. The molecular formula is C15H18Br2ClN3. The van der Waals surface area contributed by atoms with Crippen LogP contribution < -0.4 is 5.32 Å². The SMILES string of the molecule is CCn1nc(C)c(Br)c1CC(NC)c1ccc(Cl)c(Br)c1. The maximum absolute atomic E-state index is 6.08. The lowest BCUT2D eigenvalue weighted by Crippen LogP contribution is -2.20. The predicted molar refractivity (Wildman–Crippen MR) is 95.0 cm³/mol. The summed E-state index contributed by atoms with van der Waals surface area (Å²) in [5.74, 6) is 0. The van der Waals surface area contributed by atoms with Gasteiger partial charge in [-0.3, -0.25) is 4.68 Å². The molecular weight excluding hydrogens is 417 g/mol. The van der Waals surface area contributed by atoms with Crippen molar-refractivity contribution in [3.8, 4) is 0 Å². The molecule has 0 radical (unpaired) electrons. The van der Waals surface area contributed by atoms with E-state index in [1.165, 1.54) is 11.3 Å². The Morgan fingerprint density at radius 2 is 2.10 bits per heavy atom. The van der Waals surface area contributed by atoms with Gasteiger partial charge in [0.2, 0.25) is 0 Å². The van der Waals surface area contributed by atoms with Crippen molar-refractivity contribution in [2.24, 2.45) is 0 Å². The summed E-state index contributed by atoms with van der Waals surface area (Å²) in [5.41, 5.74) is 3.43. The Hall–Kier alpha value is -0.360. The molecule has 1 N–H and O–H groups in total. The van der Waals surface area contributed by atoms with Gasteiger partial charge in [0.15, 0.2) is 0 Å². The molecule has 0 saturated heterocycles. The van der Waals surface area contributed by atoms with Gasteiger partial charge in [0.25, 0.3) is 0 Å². The zero-order valence-corrected chi connectivity index (χ0v) is 16.2. The third kappa shape index (κ3) is 3.70. The maximum atomic E-state index is 6.08. The third-order valence-corrected chi connectivity index (χ3v) is 5.79. The zero-order chi connectivity index (χ0) is 15.6. The van der Waals surface area contributed by atoms with Crippen molar-refractivity contribution in [3.63, 3.8) is 0 Å². The number of hydrogen-bond donors (Lipinski definition) is 1. The molecule has 0 saturated carbocycles. The highest BCUT2D eigenvalue weighted by atomic mass is 79.9. The fourth-order valence-electron chi connectivity index (χ4n) is 2.37. The Balaban J connectivity index is 2.33. The van der Waals surface area contributed by atoms with Gasteiger partial charge in [-0.1, -0.05) is 17.7 Å². The second-order valence-electron chi connectivity index (χ2n) is 4.88. The van der Waals surface area contributed by atoms with Crippen molar-refractivity contribution in [2.75, 3.05) is 7.05 Å². The van der Waals surface area contributed by atoms with E-state index in [0.717, 1.165) is 32.6 Å². The number of halogens is 3. The molecule has 1 heterocycles. The van der Waals surface area contributed by atoms with Gasteiger partial charge >= 0.3 is 0 Å². The van der Waals surface area contributed by atoms with Gasteiger partial charge in [-0.2, -0.15) is 5.10 Å². The number of hydrogen-bond acceptors (Lipinski definition) is 2. The van der Waals surface area contributed by atoms with Crippen molar-refractivity contribution < 1.29 is 0 Å². The van der Waals surface area contributed by atoms with E-state index in [-0.39, 0.29) is 6.04 Å². The highest BCUT2D eigenvalue weighted by Gasteiger charge is 2.18. The molecule has 2 rings (SSSR count). The Labute approximate surface area is 147 Å². The van der Waals surface area contributed by atoms with Gasteiger partial charge in [0, 0.05) is 23.5 Å². The van der Waals surface area contributed by atoms with Gasteiger partial charge in [-0.05, 0) is 70.5 Å². The fraction of sp³-hybridized carbons (Fsp3) is 0.400. The predicted octanol–water partition coefficient (Wildman–Crippen LogP) is 4.89. The van der Waals surface area contributed by atoms with Crippen molar-refractivity contribution in [1.29, 1.82) is 0 Å². The van der Waals surface area contributed by atoms with E-state index >= 15 is 0 Å². The van der Waals surface area contributed by atoms with Crippen molar-refractivity contribution in [3.05, 3.63) is 49.1 Å². The molecule has 6 heteroatoms. The molecule has 0 bridgehead atoms. The summed E-state index contributed by atoms with van der Waals surface area (Å²) in [6.45, 7) is 4.99. The molecule has 1 unspecified atom stereocenters. The molecule has 21 heavy (non-hydrogen) atoms. The van der Waals surface area contributed by atoms with Crippen LogP contribution in [0.1, 0.15) is 29.9 Å². The lowest BCUT2D eigenvalue weighted by Gasteiger charge is -2.18. The smallest absolute Gasteiger partial charge is 0.0738 e. The molecule has 1 atom stereocenters. The van der Waals surface area contributed by atoms with E-state index in [4.69, 9.17) is 11.6 Å². The van der Waals surface area contributed by atoms with Crippen LogP contribution in [-0.4, -0.2) is 16.8 Å². The lowest BCUT2D eigenvalue weighted by atomic mass is 10.0. The summed E-state index contributed by atoms with van der Waals surface area (Å²) in [6, 6.07) is 6.25. The highest BCUT2D eigenvalue weighted by molar-refractivity contribution is 9.10. The van der Waals surface area contributed by atoms with Gasteiger partial charge in [-0.25, -0.2) is 0 Å². The van der Waals surface area contributed by atoms with Crippen LogP contribution in [0.5, 0.6) is 0 Å². The number of aryl methyl sites for hydroxylation is 2. The molecule has 0 fully saturated rings. The maximum Gasteiger partial charge on any atom is 0.0738 e. The second-order valence-corrected chi connectivity index (χ2v) is 6.94. The van der Waals surface area contributed by atoms with E-state index in [9.17, 15) is 0 Å². The number of benzene rings is 1. The van der Waals surface area contributed by atoms with Crippen LogP contribution in [0.25, 0.3) is 0 Å². The zero-order valence-electron chi connectivity index (χ0n) is 12.3. The van der Waals surface area contributed by atoms with Gasteiger partial charge in [0.1, 0.15) is 0 Å². The molecule has 0 spiro atoms. The first-order valence-electron chi connectivity index (χ1n) is 6.81. The Morgan fingerprint density at radius 3 is 2.67 bits per heavy atom. The Kier molecular flexibility index (Phi) is 5.88. The molecule has 0 aliphatic heterocycles. The standard InChI is InChI=1S/C15H18Br2ClN3/c1-4-21-14(15(17)9(2)20-21)8-13(19-3)10-5-6-12(18)11(16)7-10/h5-7,13,19H,4,8H2,1-3H3. The molecule has 1 aromatic carbocycles. The third-order valence-electron chi connectivity index (χ3n) is 3.54. The largest absolute Gasteiger partial charge is 0.313 e. The van der Waals surface area contributed by atoms with Gasteiger partial charge in [-0.15, -0.1) is 0 Å². The van der Waals surface area contributed by atoms with Crippen LogP contribution in [0.4, 0.5) is 0 Å². The molecule has 1 aromatic heterocycles. The van der Waals surface area contributed by atoms with Crippen LogP contribution in [0.15, 0.2) is 27.1 Å². The van der Waals surface area contributed by atoms with Crippen molar-refractivity contribution in [1.82, 2.24) is 15.1 Å². The van der Waals surface area contributed by atoms with Crippen molar-refractivity contribution in [2.45, 2.75) is 32.9 Å². The molecule has 0 aliphatic carbocycles. The molecule has 3 nitrogen and oxygen atoms in total. The minimum Gasteiger partial charge on any atom is -0.313 e. The Morgan fingerprint density at radius 1 is 1.38 bits per heavy atom. The summed E-state index contributed by atoms with van der Waals surface area (Å²) in [5, 5.41) is 8.65. The highest BCUT2D eigenvalue weighted by Crippen LogP contribution is 2.30. The topological polar surface area (TPSA) is 29.9 Å². The minimum atomic E-state index is 0.205. The van der Waals surface area contributed by atoms with Crippen LogP contribution in [0, 0.1) is 6.92 Å².